The molecule has 5 nitrogen and oxygen atoms in total. The van der Waals surface area contributed by atoms with E-state index in [2.05, 4.69) is 0 Å². The average Bonchev–Trinajstić information content (AvgIpc) is 2.58. The van der Waals surface area contributed by atoms with Crippen LogP contribution in [-0.4, -0.2) is 52.5 Å². The van der Waals surface area contributed by atoms with Gasteiger partial charge >= 0.3 is 0 Å². The molecule has 1 N–H and O–H groups in total. The van der Waals surface area contributed by atoms with Crippen LogP contribution in [0.4, 0.5) is 0 Å². The third kappa shape index (κ3) is 4.04. The minimum absolute atomic E-state index is 0.0426. The van der Waals surface area contributed by atoms with Crippen LogP contribution in [0.3, 0.4) is 0 Å². The molecular formula is C16H22N2O3. The van der Waals surface area contributed by atoms with Gasteiger partial charge in [-0.15, -0.1) is 0 Å². The first-order valence-electron chi connectivity index (χ1n) is 7.26. The zero-order valence-corrected chi connectivity index (χ0v) is 12.5. The Balaban J connectivity index is 2.08. The number of hydrogen-bond donors (Lipinski definition) is 1. The molecule has 114 valence electrons. The maximum Gasteiger partial charge on any atom is 0.242 e. The fourth-order valence-corrected chi connectivity index (χ4v) is 2.49. The lowest BCUT2D eigenvalue weighted by Crippen LogP contribution is -2.41. The second kappa shape index (κ2) is 6.72. The van der Waals surface area contributed by atoms with Gasteiger partial charge in [-0.25, -0.2) is 0 Å². The number of hydrogen-bond acceptors (Lipinski definition) is 3. The Hall–Kier alpha value is -1.88. The molecule has 0 aliphatic carbocycles. The highest BCUT2D eigenvalue weighted by Crippen LogP contribution is 2.12. The van der Waals surface area contributed by atoms with E-state index in [1.54, 1.807) is 18.7 Å². The van der Waals surface area contributed by atoms with Crippen molar-refractivity contribution >= 4 is 11.8 Å². The van der Waals surface area contributed by atoms with E-state index in [1.165, 1.54) is 4.90 Å². The standard InChI is InChI=1S/C16H22N2O3/c1-12(2)16(21)18-10-14(19)9-17(15(20)11-18)8-13-6-4-3-5-7-13/h3-7,12,14,19H,8-11H2,1-2H3. The SMILES string of the molecule is CC(C)C(=O)N1CC(=O)N(Cc2ccccc2)CC(O)C1. The minimum Gasteiger partial charge on any atom is -0.389 e. The molecule has 1 unspecified atom stereocenters. The Morgan fingerprint density at radius 2 is 1.95 bits per heavy atom. The highest BCUT2D eigenvalue weighted by atomic mass is 16.3. The highest BCUT2D eigenvalue weighted by molar-refractivity contribution is 5.86. The maximum atomic E-state index is 12.3. The third-order valence-corrected chi connectivity index (χ3v) is 3.56. The summed E-state index contributed by atoms with van der Waals surface area (Å²) in [6.45, 7) is 4.57. The van der Waals surface area contributed by atoms with Crippen LogP contribution in [-0.2, 0) is 16.1 Å². The number of nitrogens with zero attached hydrogens (tertiary/aromatic N) is 2. The van der Waals surface area contributed by atoms with Crippen LogP contribution in [0.5, 0.6) is 0 Å². The predicted molar refractivity (Wildman–Crippen MR) is 79.3 cm³/mol. The molecule has 1 saturated heterocycles. The number of aliphatic hydroxyl groups excluding tert-OH is 1. The molecule has 0 spiro atoms. The number of benzene rings is 1. The van der Waals surface area contributed by atoms with E-state index in [0.29, 0.717) is 6.54 Å². The molecule has 2 rings (SSSR count). The Kier molecular flexibility index (Phi) is 4.96. The Morgan fingerprint density at radius 3 is 2.57 bits per heavy atom. The molecule has 0 radical (unpaired) electrons. The summed E-state index contributed by atoms with van der Waals surface area (Å²) in [6, 6.07) is 9.65. The van der Waals surface area contributed by atoms with Crippen molar-refractivity contribution in [2.75, 3.05) is 19.6 Å². The second-order valence-electron chi connectivity index (χ2n) is 5.79. The summed E-state index contributed by atoms with van der Waals surface area (Å²) >= 11 is 0. The molecule has 1 aliphatic rings. The Bertz CT molecular complexity index is 502. The number of amides is 2. The molecule has 21 heavy (non-hydrogen) atoms. The van der Waals surface area contributed by atoms with Crippen molar-refractivity contribution in [3.63, 3.8) is 0 Å². The largest absolute Gasteiger partial charge is 0.389 e. The molecule has 5 heteroatoms. The summed E-state index contributed by atoms with van der Waals surface area (Å²) in [5.74, 6) is -0.390. The minimum atomic E-state index is -0.706. The lowest BCUT2D eigenvalue weighted by Gasteiger charge is -2.23. The molecule has 0 saturated carbocycles. The van der Waals surface area contributed by atoms with Gasteiger partial charge in [0.1, 0.15) is 0 Å². The number of carbonyl (C=O) groups is 2. The van der Waals surface area contributed by atoms with Gasteiger partial charge in [-0.2, -0.15) is 0 Å². The Morgan fingerprint density at radius 1 is 1.29 bits per heavy atom. The molecule has 2 amide bonds. The first-order valence-corrected chi connectivity index (χ1v) is 7.26. The van der Waals surface area contributed by atoms with Gasteiger partial charge in [0.25, 0.3) is 0 Å². The summed E-state index contributed by atoms with van der Waals surface area (Å²) < 4.78 is 0. The van der Waals surface area contributed by atoms with Crippen LogP contribution in [0.2, 0.25) is 0 Å². The molecule has 1 aliphatic heterocycles. The van der Waals surface area contributed by atoms with Gasteiger partial charge in [-0.05, 0) is 5.56 Å². The summed E-state index contributed by atoms with van der Waals surface area (Å²) in [6.07, 6.45) is -0.706. The summed E-state index contributed by atoms with van der Waals surface area (Å²) in [5, 5.41) is 10.1. The van der Waals surface area contributed by atoms with E-state index in [1.807, 2.05) is 30.3 Å². The van der Waals surface area contributed by atoms with E-state index >= 15 is 0 Å². The van der Waals surface area contributed by atoms with Crippen LogP contribution in [0, 0.1) is 5.92 Å². The highest BCUT2D eigenvalue weighted by Gasteiger charge is 2.30. The van der Waals surface area contributed by atoms with Crippen LogP contribution < -0.4 is 0 Å². The maximum absolute atomic E-state index is 12.3. The second-order valence-corrected chi connectivity index (χ2v) is 5.79. The number of rotatable bonds is 3. The monoisotopic (exact) mass is 290 g/mol. The van der Waals surface area contributed by atoms with E-state index in [-0.39, 0.29) is 37.4 Å². The van der Waals surface area contributed by atoms with Gasteiger partial charge in [0.2, 0.25) is 11.8 Å². The molecule has 1 aromatic carbocycles. The summed E-state index contributed by atoms with van der Waals surface area (Å²) in [7, 11) is 0. The zero-order chi connectivity index (χ0) is 15.4. The number of carbonyl (C=O) groups excluding carboxylic acids is 2. The van der Waals surface area contributed by atoms with Gasteiger partial charge in [0.15, 0.2) is 0 Å². The summed E-state index contributed by atoms with van der Waals surface area (Å²) in [4.78, 5) is 27.5. The van der Waals surface area contributed by atoms with Gasteiger partial charge in [0.05, 0.1) is 12.6 Å². The van der Waals surface area contributed by atoms with E-state index in [4.69, 9.17) is 0 Å². The van der Waals surface area contributed by atoms with Crippen LogP contribution in [0.25, 0.3) is 0 Å². The topological polar surface area (TPSA) is 60.9 Å². The predicted octanol–water partition coefficient (Wildman–Crippen LogP) is 0.874. The average molecular weight is 290 g/mol. The molecule has 1 fully saturated rings. The van der Waals surface area contributed by atoms with Crippen LogP contribution in [0.1, 0.15) is 19.4 Å². The van der Waals surface area contributed by atoms with Gasteiger partial charge in [-0.3, -0.25) is 9.59 Å². The number of β-amino-alcohol motifs (C(OH)–C–C–N with tert-alkyl or cyclic N) is 1. The number of aliphatic hydroxyl groups is 1. The molecule has 1 heterocycles. The molecule has 1 atom stereocenters. The van der Waals surface area contributed by atoms with Gasteiger partial charge < -0.3 is 14.9 Å². The van der Waals surface area contributed by atoms with Crippen molar-refractivity contribution in [3.8, 4) is 0 Å². The van der Waals surface area contributed by atoms with Crippen molar-refractivity contribution in [3.05, 3.63) is 35.9 Å². The van der Waals surface area contributed by atoms with Crippen LogP contribution in [0.15, 0.2) is 30.3 Å². The molecule has 0 aromatic heterocycles. The fraction of sp³-hybridized carbons (Fsp3) is 0.500. The van der Waals surface area contributed by atoms with Gasteiger partial charge in [-0.1, -0.05) is 44.2 Å². The lowest BCUT2D eigenvalue weighted by atomic mass is 10.2. The molecule has 0 bridgehead atoms. The fourth-order valence-electron chi connectivity index (χ4n) is 2.49. The first kappa shape index (κ1) is 15.5. The molecular weight excluding hydrogens is 268 g/mol. The van der Waals surface area contributed by atoms with Crippen LogP contribution >= 0.6 is 0 Å². The van der Waals surface area contributed by atoms with Crippen molar-refractivity contribution < 1.29 is 14.7 Å². The van der Waals surface area contributed by atoms with E-state index < -0.39 is 6.10 Å². The quantitative estimate of drug-likeness (QED) is 0.899. The first-order chi connectivity index (χ1) is 9.97. The Labute approximate surface area is 125 Å². The van der Waals surface area contributed by atoms with E-state index in [9.17, 15) is 14.7 Å². The normalized spacial score (nSPS) is 19.8. The van der Waals surface area contributed by atoms with Crippen molar-refractivity contribution in [2.24, 2.45) is 5.92 Å². The van der Waals surface area contributed by atoms with Crippen molar-refractivity contribution in [1.29, 1.82) is 0 Å². The van der Waals surface area contributed by atoms with Crippen molar-refractivity contribution in [1.82, 2.24) is 9.80 Å². The molecule has 1 aromatic rings. The van der Waals surface area contributed by atoms with E-state index in [0.717, 1.165) is 5.56 Å². The lowest BCUT2D eigenvalue weighted by molar-refractivity contribution is -0.140. The van der Waals surface area contributed by atoms with Gasteiger partial charge in [0, 0.05) is 25.6 Å². The third-order valence-electron chi connectivity index (χ3n) is 3.56. The zero-order valence-electron chi connectivity index (χ0n) is 12.5. The van der Waals surface area contributed by atoms with Crippen molar-refractivity contribution in [2.45, 2.75) is 26.5 Å². The smallest absolute Gasteiger partial charge is 0.242 e. The summed E-state index contributed by atoms with van der Waals surface area (Å²) in [5.41, 5.74) is 1.02.